The molecule has 0 aliphatic carbocycles. The van der Waals surface area contributed by atoms with Crippen LogP contribution in [0, 0.1) is 12.8 Å². The minimum absolute atomic E-state index is 0.0841. The van der Waals surface area contributed by atoms with Gasteiger partial charge in [-0.3, -0.25) is 0 Å². The number of nitrogens with zero attached hydrogens (tertiary/aromatic N) is 2. The second kappa shape index (κ2) is 5.98. The fraction of sp³-hybridized carbons (Fsp3) is 0.588. The van der Waals surface area contributed by atoms with Crippen LogP contribution in [0.3, 0.4) is 0 Å². The molecule has 1 saturated heterocycles. The normalized spacial score (nSPS) is 23.8. The Morgan fingerprint density at radius 1 is 1.48 bits per heavy atom. The summed E-state index contributed by atoms with van der Waals surface area (Å²) in [5.74, 6) is 1.53. The van der Waals surface area contributed by atoms with Crippen molar-refractivity contribution in [1.82, 2.24) is 9.55 Å². The summed E-state index contributed by atoms with van der Waals surface area (Å²) in [6.45, 7) is 8.13. The number of rotatable bonds is 4. The van der Waals surface area contributed by atoms with E-state index in [9.17, 15) is 0 Å². The van der Waals surface area contributed by atoms with Crippen LogP contribution in [-0.2, 0) is 11.3 Å². The van der Waals surface area contributed by atoms with Crippen molar-refractivity contribution in [3.63, 3.8) is 0 Å². The lowest BCUT2D eigenvalue weighted by Gasteiger charge is -2.19. The van der Waals surface area contributed by atoms with E-state index in [1.165, 1.54) is 11.1 Å². The number of aryl methyl sites for hydroxylation is 1. The standard InChI is InChI=1S/C17H23ClN2O/c1-4-15-13(8-9-21-15)10-20-14-7-5-6-11(2)16(14)19-17(20)12(3)18/h5-7,12-13,15H,4,8-10H2,1-3H3. The molecule has 1 fully saturated rings. The third kappa shape index (κ3) is 2.69. The first-order chi connectivity index (χ1) is 10.1. The van der Waals surface area contributed by atoms with Gasteiger partial charge in [0, 0.05) is 19.1 Å². The molecule has 1 aliphatic heterocycles. The van der Waals surface area contributed by atoms with Crippen LogP contribution < -0.4 is 0 Å². The second-order valence-corrected chi connectivity index (χ2v) is 6.66. The van der Waals surface area contributed by atoms with Gasteiger partial charge >= 0.3 is 0 Å². The van der Waals surface area contributed by atoms with Crippen LogP contribution >= 0.6 is 11.6 Å². The number of ether oxygens (including phenoxy) is 1. The maximum Gasteiger partial charge on any atom is 0.127 e. The van der Waals surface area contributed by atoms with Crippen LogP contribution in [0.4, 0.5) is 0 Å². The Bertz CT molecular complexity index is 635. The zero-order chi connectivity index (χ0) is 15.0. The predicted molar refractivity (Wildman–Crippen MR) is 86.9 cm³/mol. The van der Waals surface area contributed by atoms with Crippen LogP contribution in [0.25, 0.3) is 11.0 Å². The summed E-state index contributed by atoms with van der Waals surface area (Å²) in [7, 11) is 0. The fourth-order valence-corrected chi connectivity index (χ4v) is 3.55. The molecular weight excluding hydrogens is 284 g/mol. The summed E-state index contributed by atoms with van der Waals surface area (Å²) in [6.07, 6.45) is 2.56. The van der Waals surface area contributed by atoms with E-state index >= 15 is 0 Å². The number of alkyl halides is 1. The van der Waals surface area contributed by atoms with Gasteiger partial charge in [-0.15, -0.1) is 11.6 Å². The van der Waals surface area contributed by atoms with Gasteiger partial charge < -0.3 is 9.30 Å². The first-order valence-electron chi connectivity index (χ1n) is 7.83. The van der Waals surface area contributed by atoms with Gasteiger partial charge in [0.25, 0.3) is 0 Å². The van der Waals surface area contributed by atoms with Crippen molar-refractivity contribution in [1.29, 1.82) is 0 Å². The number of hydrogen-bond donors (Lipinski definition) is 0. The first-order valence-corrected chi connectivity index (χ1v) is 8.26. The van der Waals surface area contributed by atoms with E-state index in [-0.39, 0.29) is 5.38 Å². The molecule has 21 heavy (non-hydrogen) atoms. The van der Waals surface area contributed by atoms with E-state index in [2.05, 4.69) is 36.6 Å². The topological polar surface area (TPSA) is 27.1 Å². The lowest BCUT2D eigenvalue weighted by Crippen LogP contribution is -2.21. The molecule has 3 atom stereocenters. The maximum atomic E-state index is 6.37. The highest BCUT2D eigenvalue weighted by molar-refractivity contribution is 6.20. The summed E-state index contributed by atoms with van der Waals surface area (Å²) >= 11 is 6.37. The molecule has 3 unspecified atom stereocenters. The molecule has 0 bridgehead atoms. The molecule has 0 saturated carbocycles. The van der Waals surface area contributed by atoms with Gasteiger partial charge in [0.15, 0.2) is 0 Å². The number of fused-ring (bicyclic) bond motifs is 1. The summed E-state index contributed by atoms with van der Waals surface area (Å²) in [5.41, 5.74) is 3.48. The predicted octanol–water partition coefficient (Wildman–Crippen LogP) is 4.46. The Hall–Kier alpha value is -1.06. The average molecular weight is 307 g/mol. The van der Waals surface area contributed by atoms with Gasteiger partial charge in [-0.1, -0.05) is 19.1 Å². The molecule has 0 radical (unpaired) electrons. The average Bonchev–Trinajstić information content (AvgIpc) is 3.05. The van der Waals surface area contributed by atoms with E-state index in [0.29, 0.717) is 12.0 Å². The SMILES string of the molecule is CCC1OCCC1Cn1c(C(C)Cl)nc2c(C)cccc21. The van der Waals surface area contributed by atoms with Crippen molar-refractivity contribution in [2.45, 2.75) is 51.6 Å². The number of hydrogen-bond acceptors (Lipinski definition) is 2. The van der Waals surface area contributed by atoms with Crippen molar-refractivity contribution in [2.75, 3.05) is 6.61 Å². The molecule has 114 valence electrons. The van der Waals surface area contributed by atoms with Gasteiger partial charge in [0.1, 0.15) is 5.82 Å². The molecule has 0 spiro atoms. The van der Waals surface area contributed by atoms with Crippen LogP contribution in [0.2, 0.25) is 0 Å². The molecular formula is C17H23ClN2O. The van der Waals surface area contributed by atoms with E-state index in [1.807, 2.05) is 6.92 Å². The number of aromatic nitrogens is 2. The summed E-state index contributed by atoms with van der Waals surface area (Å²) < 4.78 is 8.14. The zero-order valence-electron chi connectivity index (χ0n) is 13.0. The Kier molecular flexibility index (Phi) is 4.23. The fourth-order valence-electron chi connectivity index (χ4n) is 3.39. The van der Waals surface area contributed by atoms with Crippen molar-refractivity contribution >= 4 is 22.6 Å². The molecule has 0 N–H and O–H groups in total. The largest absolute Gasteiger partial charge is 0.378 e. The third-order valence-electron chi connectivity index (χ3n) is 4.53. The molecule has 0 amide bonds. The lowest BCUT2D eigenvalue weighted by molar-refractivity contribution is 0.0835. The van der Waals surface area contributed by atoms with E-state index in [1.54, 1.807) is 0 Å². The molecule has 2 heterocycles. The number of halogens is 1. The number of benzene rings is 1. The molecule has 1 aromatic carbocycles. The second-order valence-electron chi connectivity index (χ2n) is 6.01. The first kappa shape index (κ1) is 14.9. The van der Waals surface area contributed by atoms with Crippen LogP contribution in [0.15, 0.2) is 18.2 Å². The zero-order valence-corrected chi connectivity index (χ0v) is 13.7. The van der Waals surface area contributed by atoms with E-state index in [4.69, 9.17) is 21.3 Å². The van der Waals surface area contributed by atoms with E-state index < -0.39 is 0 Å². The lowest BCUT2D eigenvalue weighted by atomic mass is 9.99. The minimum Gasteiger partial charge on any atom is -0.378 e. The molecule has 3 nitrogen and oxygen atoms in total. The van der Waals surface area contributed by atoms with Gasteiger partial charge in [0.2, 0.25) is 0 Å². The number of imidazole rings is 1. The van der Waals surface area contributed by atoms with Crippen molar-refractivity contribution in [3.05, 3.63) is 29.6 Å². The Balaban J connectivity index is 2.03. The minimum atomic E-state index is -0.0841. The van der Waals surface area contributed by atoms with Crippen LogP contribution in [0.5, 0.6) is 0 Å². The van der Waals surface area contributed by atoms with Gasteiger partial charge in [-0.2, -0.15) is 0 Å². The summed E-state index contributed by atoms with van der Waals surface area (Å²) in [5, 5.41) is -0.0841. The van der Waals surface area contributed by atoms with Crippen LogP contribution in [-0.4, -0.2) is 22.3 Å². The molecule has 1 aliphatic rings. The summed E-state index contributed by atoms with van der Waals surface area (Å²) in [4.78, 5) is 4.79. The van der Waals surface area contributed by atoms with Crippen LogP contribution in [0.1, 0.15) is 43.5 Å². The van der Waals surface area contributed by atoms with Gasteiger partial charge in [-0.25, -0.2) is 4.98 Å². The van der Waals surface area contributed by atoms with Crippen molar-refractivity contribution in [3.8, 4) is 0 Å². The highest BCUT2D eigenvalue weighted by atomic mass is 35.5. The summed E-state index contributed by atoms with van der Waals surface area (Å²) in [6, 6.07) is 6.35. The van der Waals surface area contributed by atoms with Gasteiger partial charge in [-0.05, 0) is 38.3 Å². The Morgan fingerprint density at radius 3 is 3.00 bits per heavy atom. The van der Waals surface area contributed by atoms with E-state index in [0.717, 1.165) is 37.3 Å². The van der Waals surface area contributed by atoms with Gasteiger partial charge in [0.05, 0.1) is 22.5 Å². The molecule has 1 aromatic heterocycles. The monoisotopic (exact) mass is 306 g/mol. The smallest absolute Gasteiger partial charge is 0.127 e. The Morgan fingerprint density at radius 2 is 2.29 bits per heavy atom. The molecule has 3 rings (SSSR count). The van der Waals surface area contributed by atoms with Crippen molar-refractivity contribution < 1.29 is 4.74 Å². The highest BCUT2D eigenvalue weighted by Crippen LogP contribution is 2.31. The maximum absolute atomic E-state index is 6.37. The number of para-hydroxylation sites is 1. The van der Waals surface area contributed by atoms with Crippen molar-refractivity contribution in [2.24, 2.45) is 5.92 Å². The quantitative estimate of drug-likeness (QED) is 0.780. The Labute approximate surface area is 131 Å². The third-order valence-corrected chi connectivity index (χ3v) is 4.73. The molecule has 2 aromatic rings. The molecule has 4 heteroatoms. The highest BCUT2D eigenvalue weighted by Gasteiger charge is 2.29.